The van der Waals surface area contributed by atoms with Crippen LogP contribution in [0.4, 0.5) is 0 Å². The first kappa shape index (κ1) is 17.0. The fourth-order valence-electron chi connectivity index (χ4n) is 2.79. The summed E-state index contributed by atoms with van der Waals surface area (Å²) in [6.45, 7) is 9.39. The molecule has 0 aliphatic carbocycles. The van der Waals surface area contributed by atoms with E-state index >= 15 is 0 Å². The van der Waals surface area contributed by atoms with Gasteiger partial charge >= 0.3 is 0 Å². The third-order valence-electron chi connectivity index (χ3n) is 4.13. The van der Waals surface area contributed by atoms with Gasteiger partial charge in [0.1, 0.15) is 0 Å². The van der Waals surface area contributed by atoms with E-state index in [2.05, 4.69) is 27.7 Å². The van der Waals surface area contributed by atoms with Crippen LogP contribution in [0.1, 0.15) is 98.3 Å². The topological polar surface area (TPSA) is 0 Å². The van der Waals surface area contributed by atoms with Gasteiger partial charge < -0.3 is 0 Å². The third-order valence-corrected chi connectivity index (χ3v) is 4.13. The van der Waals surface area contributed by atoms with Crippen molar-refractivity contribution in [2.24, 2.45) is 11.8 Å². The van der Waals surface area contributed by atoms with Crippen molar-refractivity contribution in [3.8, 4) is 0 Å². The molecule has 0 saturated heterocycles. The molecule has 2 atom stereocenters. The molecule has 104 valence electrons. The molecule has 0 aromatic carbocycles. The average Bonchev–Trinajstić information content (AvgIpc) is 2.33. The van der Waals surface area contributed by atoms with E-state index in [-0.39, 0.29) is 0 Å². The summed E-state index contributed by atoms with van der Waals surface area (Å²) < 4.78 is 0. The summed E-state index contributed by atoms with van der Waals surface area (Å²) in [6.07, 6.45) is 15.8. The molecular formula is C17H36. The van der Waals surface area contributed by atoms with Gasteiger partial charge in [0.2, 0.25) is 0 Å². The van der Waals surface area contributed by atoms with Gasteiger partial charge in [0.15, 0.2) is 0 Å². The van der Waals surface area contributed by atoms with Crippen LogP contribution in [0.25, 0.3) is 0 Å². The van der Waals surface area contributed by atoms with E-state index in [1.54, 1.807) is 0 Å². The first-order valence-corrected chi connectivity index (χ1v) is 8.24. The second-order valence-electron chi connectivity index (χ2n) is 5.95. The molecule has 0 spiro atoms. The third kappa shape index (κ3) is 10.9. The highest BCUT2D eigenvalue weighted by Crippen LogP contribution is 2.21. The molecule has 0 bridgehead atoms. The van der Waals surface area contributed by atoms with E-state index in [0.29, 0.717) is 0 Å². The van der Waals surface area contributed by atoms with Crippen LogP contribution in [-0.2, 0) is 0 Å². The highest BCUT2D eigenvalue weighted by Gasteiger charge is 2.05. The molecule has 0 aliphatic heterocycles. The van der Waals surface area contributed by atoms with Crippen molar-refractivity contribution in [1.82, 2.24) is 0 Å². The summed E-state index contributed by atoms with van der Waals surface area (Å²) in [5.41, 5.74) is 0. The Balaban J connectivity index is 3.35. The van der Waals surface area contributed by atoms with E-state index in [1.807, 2.05) is 0 Å². The smallest absolute Gasteiger partial charge is 0.0417 e. The SMILES string of the molecule is CCCCC(CC)CCCCCC(C)CCC. The van der Waals surface area contributed by atoms with Crippen LogP contribution in [0.5, 0.6) is 0 Å². The maximum atomic E-state index is 2.42. The lowest BCUT2D eigenvalue weighted by Gasteiger charge is -2.14. The molecular weight excluding hydrogens is 204 g/mol. The van der Waals surface area contributed by atoms with Gasteiger partial charge in [-0.15, -0.1) is 0 Å². The Labute approximate surface area is 111 Å². The molecule has 0 aromatic rings. The van der Waals surface area contributed by atoms with Gasteiger partial charge in [-0.25, -0.2) is 0 Å². The first-order chi connectivity index (χ1) is 8.24. The fourth-order valence-corrected chi connectivity index (χ4v) is 2.79. The average molecular weight is 240 g/mol. The quantitative estimate of drug-likeness (QED) is 0.338. The Morgan fingerprint density at radius 3 is 1.88 bits per heavy atom. The van der Waals surface area contributed by atoms with Crippen molar-refractivity contribution in [1.29, 1.82) is 0 Å². The normalized spacial score (nSPS) is 14.8. The van der Waals surface area contributed by atoms with Crippen LogP contribution in [0.2, 0.25) is 0 Å². The van der Waals surface area contributed by atoms with Crippen LogP contribution in [0, 0.1) is 11.8 Å². The molecule has 0 aromatic heterocycles. The van der Waals surface area contributed by atoms with Crippen LogP contribution >= 0.6 is 0 Å². The Morgan fingerprint density at radius 2 is 1.29 bits per heavy atom. The lowest BCUT2D eigenvalue weighted by Crippen LogP contribution is -1.99. The Kier molecular flexibility index (Phi) is 12.5. The molecule has 0 radical (unpaired) electrons. The van der Waals surface area contributed by atoms with Gasteiger partial charge in [-0.05, 0) is 11.8 Å². The highest BCUT2D eigenvalue weighted by molar-refractivity contribution is 4.59. The predicted octanol–water partition coefficient (Wildman–Crippen LogP) is 6.59. The zero-order chi connectivity index (χ0) is 12.9. The van der Waals surface area contributed by atoms with Crippen LogP contribution in [-0.4, -0.2) is 0 Å². The first-order valence-electron chi connectivity index (χ1n) is 8.24. The largest absolute Gasteiger partial charge is 0.0654 e. The minimum absolute atomic E-state index is 0.960. The number of unbranched alkanes of at least 4 members (excludes halogenated alkanes) is 3. The predicted molar refractivity (Wildman–Crippen MR) is 80.5 cm³/mol. The van der Waals surface area contributed by atoms with Gasteiger partial charge in [-0.1, -0.05) is 98.3 Å². The molecule has 0 aliphatic rings. The zero-order valence-corrected chi connectivity index (χ0v) is 12.9. The summed E-state index contributed by atoms with van der Waals surface area (Å²) in [7, 11) is 0. The molecule has 0 heteroatoms. The fraction of sp³-hybridized carbons (Fsp3) is 1.00. The Hall–Kier alpha value is 0. The molecule has 0 fully saturated rings. The second kappa shape index (κ2) is 12.5. The maximum Gasteiger partial charge on any atom is -0.0417 e. The molecule has 0 amide bonds. The Morgan fingerprint density at radius 1 is 0.647 bits per heavy atom. The van der Waals surface area contributed by atoms with E-state index in [1.165, 1.54) is 70.6 Å². The van der Waals surface area contributed by atoms with Crippen LogP contribution < -0.4 is 0 Å². The van der Waals surface area contributed by atoms with E-state index < -0.39 is 0 Å². The minimum Gasteiger partial charge on any atom is -0.0654 e. The molecule has 0 nitrogen and oxygen atoms in total. The van der Waals surface area contributed by atoms with Crippen molar-refractivity contribution in [2.75, 3.05) is 0 Å². The van der Waals surface area contributed by atoms with Gasteiger partial charge in [0, 0.05) is 0 Å². The molecule has 17 heavy (non-hydrogen) atoms. The van der Waals surface area contributed by atoms with Crippen molar-refractivity contribution < 1.29 is 0 Å². The van der Waals surface area contributed by atoms with Crippen LogP contribution in [0.15, 0.2) is 0 Å². The van der Waals surface area contributed by atoms with Gasteiger partial charge in [-0.2, -0.15) is 0 Å². The number of hydrogen-bond donors (Lipinski definition) is 0. The minimum atomic E-state index is 0.960. The van der Waals surface area contributed by atoms with E-state index in [4.69, 9.17) is 0 Å². The van der Waals surface area contributed by atoms with Gasteiger partial charge in [-0.3, -0.25) is 0 Å². The van der Waals surface area contributed by atoms with Gasteiger partial charge in [0.05, 0.1) is 0 Å². The summed E-state index contributed by atoms with van der Waals surface area (Å²) in [5.74, 6) is 1.98. The summed E-state index contributed by atoms with van der Waals surface area (Å²) in [6, 6.07) is 0. The molecule has 0 heterocycles. The maximum absolute atomic E-state index is 2.42. The zero-order valence-electron chi connectivity index (χ0n) is 12.9. The Bertz CT molecular complexity index is 139. The lowest BCUT2D eigenvalue weighted by atomic mass is 9.92. The highest BCUT2D eigenvalue weighted by atomic mass is 14.1. The summed E-state index contributed by atoms with van der Waals surface area (Å²) in [4.78, 5) is 0. The number of rotatable bonds is 12. The summed E-state index contributed by atoms with van der Waals surface area (Å²) >= 11 is 0. The number of hydrogen-bond acceptors (Lipinski definition) is 0. The van der Waals surface area contributed by atoms with Crippen molar-refractivity contribution in [2.45, 2.75) is 98.3 Å². The van der Waals surface area contributed by atoms with Crippen molar-refractivity contribution in [3.63, 3.8) is 0 Å². The monoisotopic (exact) mass is 240 g/mol. The molecule has 0 saturated carbocycles. The molecule has 0 rings (SSSR count). The van der Waals surface area contributed by atoms with E-state index in [9.17, 15) is 0 Å². The second-order valence-corrected chi connectivity index (χ2v) is 5.95. The molecule has 2 unspecified atom stereocenters. The standard InChI is InChI=1S/C17H36/c1-5-8-14-17(7-3)15-11-9-10-13-16(4)12-6-2/h16-17H,5-15H2,1-4H3. The lowest BCUT2D eigenvalue weighted by molar-refractivity contribution is 0.390. The summed E-state index contributed by atoms with van der Waals surface area (Å²) in [5, 5.41) is 0. The van der Waals surface area contributed by atoms with Crippen molar-refractivity contribution in [3.05, 3.63) is 0 Å². The van der Waals surface area contributed by atoms with Gasteiger partial charge in [0.25, 0.3) is 0 Å². The van der Waals surface area contributed by atoms with E-state index in [0.717, 1.165) is 11.8 Å². The molecule has 0 N–H and O–H groups in total. The van der Waals surface area contributed by atoms with Crippen LogP contribution in [0.3, 0.4) is 0 Å². The van der Waals surface area contributed by atoms with Crippen molar-refractivity contribution >= 4 is 0 Å².